The maximum atomic E-state index is 10.5. The Balaban J connectivity index is 1.55. The predicted molar refractivity (Wildman–Crippen MR) is 84.0 cm³/mol. The van der Waals surface area contributed by atoms with Crippen LogP contribution in [0.3, 0.4) is 0 Å². The number of hydrogen-bond donors (Lipinski definition) is 1. The summed E-state index contributed by atoms with van der Waals surface area (Å²) in [6, 6.07) is 19.1. The fourth-order valence-electron chi connectivity index (χ4n) is 4.08. The Labute approximate surface area is 126 Å². The first-order chi connectivity index (χ1) is 10.3. The second-order valence-corrected chi connectivity index (χ2v) is 6.35. The van der Waals surface area contributed by atoms with Gasteiger partial charge in [-0.2, -0.15) is 0 Å². The molecule has 0 saturated carbocycles. The summed E-state index contributed by atoms with van der Waals surface area (Å²) in [6.45, 7) is 3.16. The van der Waals surface area contributed by atoms with E-state index >= 15 is 0 Å². The molecule has 4 rings (SSSR count). The zero-order chi connectivity index (χ0) is 14.2. The summed E-state index contributed by atoms with van der Waals surface area (Å²) in [4.78, 5) is 2.53. The molecule has 108 valence electrons. The average molecular weight is 279 g/mol. The van der Waals surface area contributed by atoms with E-state index in [9.17, 15) is 5.11 Å². The molecule has 0 spiro atoms. The van der Waals surface area contributed by atoms with Crippen molar-refractivity contribution in [1.82, 2.24) is 4.90 Å². The van der Waals surface area contributed by atoms with Crippen LogP contribution >= 0.6 is 0 Å². The van der Waals surface area contributed by atoms with Crippen LogP contribution in [0.1, 0.15) is 35.1 Å². The van der Waals surface area contributed by atoms with Gasteiger partial charge in [0.25, 0.3) is 0 Å². The Morgan fingerprint density at radius 3 is 2.48 bits per heavy atom. The van der Waals surface area contributed by atoms with Gasteiger partial charge in [0, 0.05) is 19.0 Å². The van der Waals surface area contributed by atoms with Crippen molar-refractivity contribution in [3.8, 4) is 0 Å². The van der Waals surface area contributed by atoms with Crippen molar-refractivity contribution in [3.05, 3.63) is 71.3 Å². The number of aliphatic hydroxyl groups is 1. The van der Waals surface area contributed by atoms with E-state index < -0.39 is 0 Å². The summed E-state index contributed by atoms with van der Waals surface area (Å²) < 4.78 is 0. The molecule has 2 aromatic rings. The molecule has 1 fully saturated rings. The molecule has 3 atom stereocenters. The Morgan fingerprint density at radius 1 is 0.952 bits per heavy atom. The van der Waals surface area contributed by atoms with Crippen LogP contribution in [0.4, 0.5) is 0 Å². The highest BCUT2D eigenvalue weighted by atomic mass is 16.3. The van der Waals surface area contributed by atoms with Gasteiger partial charge in [-0.3, -0.25) is 4.90 Å². The van der Waals surface area contributed by atoms with Crippen molar-refractivity contribution >= 4 is 0 Å². The Kier molecular flexibility index (Phi) is 3.28. The highest BCUT2D eigenvalue weighted by Crippen LogP contribution is 2.49. The van der Waals surface area contributed by atoms with Crippen molar-refractivity contribution < 1.29 is 5.11 Å². The number of aliphatic hydroxyl groups excluding tert-OH is 1. The molecule has 2 aromatic carbocycles. The second kappa shape index (κ2) is 5.28. The van der Waals surface area contributed by atoms with Crippen LogP contribution in [0, 0.1) is 5.92 Å². The predicted octanol–water partition coefficient (Wildman–Crippen LogP) is 3.34. The van der Waals surface area contributed by atoms with E-state index in [2.05, 4.69) is 53.4 Å². The fraction of sp³-hybridized carbons (Fsp3) is 0.368. The van der Waals surface area contributed by atoms with Crippen LogP contribution in [0.5, 0.6) is 0 Å². The van der Waals surface area contributed by atoms with Crippen LogP contribution in [0.15, 0.2) is 54.6 Å². The van der Waals surface area contributed by atoms with Crippen molar-refractivity contribution in [2.75, 3.05) is 13.1 Å². The lowest BCUT2D eigenvalue weighted by Gasteiger charge is -2.36. The third-order valence-corrected chi connectivity index (χ3v) is 5.12. The molecule has 0 unspecified atom stereocenters. The van der Waals surface area contributed by atoms with Gasteiger partial charge in [-0.05, 0) is 35.6 Å². The Hall–Kier alpha value is -1.64. The van der Waals surface area contributed by atoms with Gasteiger partial charge in [-0.15, -0.1) is 0 Å². The largest absolute Gasteiger partial charge is 0.388 e. The minimum atomic E-state index is -0.259. The summed E-state index contributed by atoms with van der Waals surface area (Å²) in [5.41, 5.74) is 3.91. The van der Waals surface area contributed by atoms with E-state index in [1.54, 1.807) is 0 Å². The molecule has 2 nitrogen and oxygen atoms in total. The molecule has 1 aliphatic heterocycles. The van der Waals surface area contributed by atoms with Crippen molar-refractivity contribution in [1.29, 1.82) is 0 Å². The van der Waals surface area contributed by atoms with E-state index in [0.717, 1.165) is 31.6 Å². The number of rotatable bonds is 2. The minimum Gasteiger partial charge on any atom is -0.388 e. The number of hydrogen-bond acceptors (Lipinski definition) is 2. The van der Waals surface area contributed by atoms with E-state index in [-0.39, 0.29) is 6.10 Å². The molecule has 1 heterocycles. The quantitative estimate of drug-likeness (QED) is 0.911. The van der Waals surface area contributed by atoms with Crippen molar-refractivity contribution in [2.45, 2.75) is 25.0 Å². The minimum absolute atomic E-state index is 0.259. The van der Waals surface area contributed by atoms with Crippen molar-refractivity contribution in [2.24, 2.45) is 5.92 Å². The van der Waals surface area contributed by atoms with E-state index in [0.29, 0.717) is 11.8 Å². The molecule has 2 aliphatic rings. The first kappa shape index (κ1) is 13.1. The highest BCUT2D eigenvalue weighted by Gasteiger charge is 2.42. The van der Waals surface area contributed by atoms with Crippen LogP contribution in [-0.2, 0) is 6.54 Å². The Bertz CT molecular complexity index is 624. The monoisotopic (exact) mass is 279 g/mol. The number of piperidine rings is 1. The third kappa shape index (κ3) is 2.29. The number of fused-ring (bicyclic) bond motifs is 3. The summed E-state index contributed by atoms with van der Waals surface area (Å²) in [5.74, 6) is 0.906. The zero-order valence-corrected chi connectivity index (χ0v) is 12.2. The van der Waals surface area contributed by atoms with Gasteiger partial charge >= 0.3 is 0 Å². The zero-order valence-electron chi connectivity index (χ0n) is 12.2. The van der Waals surface area contributed by atoms with Crippen LogP contribution in [0.2, 0.25) is 0 Å². The first-order valence-corrected chi connectivity index (χ1v) is 7.86. The van der Waals surface area contributed by atoms with Crippen LogP contribution in [-0.4, -0.2) is 23.1 Å². The number of likely N-dealkylation sites (tertiary alicyclic amines) is 1. The SMILES string of the molecule is O[C@@H]1c2ccccc2[C@@H]2CN(Cc3ccccc3)CC[C@H]12. The molecular formula is C19H21NO. The Morgan fingerprint density at radius 2 is 1.67 bits per heavy atom. The summed E-state index contributed by atoms with van der Waals surface area (Å²) >= 11 is 0. The van der Waals surface area contributed by atoms with E-state index in [1.807, 2.05) is 6.07 Å². The lowest BCUT2D eigenvalue weighted by molar-refractivity contribution is 0.0589. The molecule has 0 aromatic heterocycles. The molecule has 0 bridgehead atoms. The first-order valence-electron chi connectivity index (χ1n) is 7.86. The summed E-state index contributed by atoms with van der Waals surface area (Å²) in [5, 5.41) is 10.5. The van der Waals surface area contributed by atoms with Gasteiger partial charge in [-0.1, -0.05) is 54.6 Å². The van der Waals surface area contributed by atoms with Gasteiger partial charge in [0.2, 0.25) is 0 Å². The maximum absolute atomic E-state index is 10.5. The standard InChI is InChI=1S/C19H21NO/c21-19-16-9-5-4-8-15(16)18-13-20(11-10-17(18)19)12-14-6-2-1-3-7-14/h1-9,17-19,21H,10-13H2/t17-,18-,19+/m0/s1. The van der Waals surface area contributed by atoms with Gasteiger partial charge in [0.15, 0.2) is 0 Å². The number of nitrogens with zero attached hydrogens (tertiary/aromatic N) is 1. The normalized spacial score (nSPS) is 28.1. The van der Waals surface area contributed by atoms with Gasteiger partial charge in [0.05, 0.1) is 6.10 Å². The lowest BCUT2D eigenvalue weighted by Crippen LogP contribution is -2.38. The fourth-order valence-corrected chi connectivity index (χ4v) is 4.08. The van der Waals surface area contributed by atoms with Gasteiger partial charge in [-0.25, -0.2) is 0 Å². The summed E-state index contributed by atoms with van der Waals surface area (Å²) in [6.07, 6.45) is 0.831. The second-order valence-electron chi connectivity index (χ2n) is 6.35. The van der Waals surface area contributed by atoms with Crippen LogP contribution < -0.4 is 0 Å². The maximum Gasteiger partial charge on any atom is 0.0827 e. The van der Waals surface area contributed by atoms with Crippen LogP contribution in [0.25, 0.3) is 0 Å². The summed E-state index contributed by atoms with van der Waals surface area (Å²) in [7, 11) is 0. The van der Waals surface area contributed by atoms with Gasteiger partial charge in [0.1, 0.15) is 0 Å². The molecule has 0 amide bonds. The van der Waals surface area contributed by atoms with Gasteiger partial charge < -0.3 is 5.11 Å². The highest BCUT2D eigenvalue weighted by molar-refractivity contribution is 5.39. The average Bonchev–Trinajstić information content (AvgIpc) is 2.82. The molecule has 1 N–H and O–H groups in total. The topological polar surface area (TPSA) is 23.5 Å². The smallest absolute Gasteiger partial charge is 0.0827 e. The third-order valence-electron chi connectivity index (χ3n) is 5.12. The van der Waals surface area contributed by atoms with E-state index in [4.69, 9.17) is 0 Å². The lowest BCUT2D eigenvalue weighted by atomic mass is 9.85. The molecular weight excluding hydrogens is 258 g/mol. The molecule has 21 heavy (non-hydrogen) atoms. The van der Waals surface area contributed by atoms with Crippen molar-refractivity contribution in [3.63, 3.8) is 0 Å². The molecule has 0 radical (unpaired) electrons. The number of benzene rings is 2. The van der Waals surface area contributed by atoms with E-state index in [1.165, 1.54) is 11.1 Å². The molecule has 1 aliphatic carbocycles. The molecule has 2 heteroatoms. The molecule has 1 saturated heterocycles.